The predicted octanol–water partition coefficient (Wildman–Crippen LogP) is -0.0474. The highest BCUT2D eigenvalue weighted by atomic mass is 16.5. The minimum absolute atomic E-state index is 0.102. The van der Waals surface area contributed by atoms with Gasteiger partial charge in [0, 0.05) is 13.1 Å². The molecule has 0 saturated carbocycles. The van der Waals surface area contributed by atoms with Crippen LogP contribution in [0.2, 0.25) is 0 Å². The van der Waals surface area contributed by atoms with Crippen molar-refractivity contribution in [1.82, 2.24) is 35.2 Å². The van der Waals surface area contributed by atoms with Crippen LogP contribution < -0.4 is 10.7 Å². The van der Waals surface area contributed by atoms with Gasteiger partial charge in [0.1, 0.15) is 0 Å². The molecular formula is C13H10N8O2. The summed E-state index contributed by atoms with van der Waals surface area (Å²) in [6.45, 7) is 1.33. The van der Waals surface area contributed by atoms with E-state index in [0.29, 0.717) is 24.6 Å². The van der Waals surface area contributed by atoms with Gasteiger partial charge in [-0.15, -0.1) is 5.10 Å². The first-order chi connectivity index (χ1) is 11.3. The molecule has 4 heterocycles. The Morgan fingerprint density at radius 3 is 2.96 bits per heavy atom. The summed E-state index contributed by atoms with van der Waals surface area (Å²) in [6.07, 6.45) is 0. The smallest absolute Gasteiger partial charge is 0.352 e. The summed E-state index contributed by atoms with van der Waals surface area (Å²) in [5, 5.41) is 15.6. The van der Waals surface area contributed by atoms with Crippen LogP contribution in [0.4, 0.5) is 5.82 Å². The Kier molecular flexibility index (Phi) is 2.32. The summed E-state index contributed by atoms with van der Waals surface area (Å²) >= 11 is 0. The second-order valence-electron chi connectivity index (χ2n) is 5.42. The van der Waals surface area contributed by atoms with Crippen LogP contribution in [0.3, 0.4) is 0 Å². The maximum absolute atomic E-state index is 11.0. The number of tetrazole rings is 1. The molecule has 23 heavy (non-hydrogen) atoms. The first kappa shape index (κ1) is 12.3. The molecule has 3 aromatic heterocycles. The topological polar surface area (TPSA) is 118 Å². The van der Waals surface area contributed by atoms with Crippen LogP contribution in [-0.2, 0) is 0 Å². The SMILES string of the molecule is O=c1[nH]c(C2CN(c3nc4ccccc4n4nnnc34)C2)no1. The molecule has 0 spiro atoms. The number of aromatic amines is 1. The van der Waals surface area contributed by atoms with Crippen LogP contribution in [0.15, 0.2) is 33.6 Å². The van der Waals surface area contributed by atoms with Crippen molar-refractivity contribution in [2.75, 3.05) is 18.0 Å². The number of anilines is 1. The van der Waals surface area contributed by atoms with Crippen LogP contribution in [0, 0.1) is 0 Å². The lowest BCUT2D eigenvalue weighted by atomic mass is 10.00. The third kappa shape index (κ3) is 1.74. The van der Waals surface area contributed by atoms with Crippen LogP contribution in [0.5, 0.6) is 0 Å². The van der Waals surface area contributed by atoms with E-state index < -0.39 is 5.76 Å². The van der Waals surface area contributed by atoms with Gasteiger partial charge >= 0.3 is 5.76 Å². The fourth-order valence-electron chi connectivity index (χ4n) is 2.84. The summed E-state index contributed by atoms with van der Waals surface area (Å²) in [4.78, 5) is 20.3. The van der Waals surface area contributed by atoms with Crippen LogP contribution in [0.25, 0.3) is 16.7 Å². The summed E-state index contributed by atoms with van der Waals surface area (Å²) in [7, 11) is 0. The van der Waals surface area contributed by atoms with Gasteiger partial charge in [-0.3, -0.25) is 9.51 Å². The molecule has 0 bridgehead atoms. The molecule has 10 heteroatoms. The van der Waals surface area contributed by atoms with E-state index in [1.165, 1.54) is 0 Å². The molecule has 1 N–H and O–H groups in total. The standard InChI is InChI=1S/C13H10N8O2/c22-13-15-10(17-23-13)7-5-20(6-7)11-12-16-18-19-21(12)9-4-2-1-3-8(9)14-11/h1-4,7H,5-6H2,(H,15,17,22). The molecule has 0 unspecified atom stereocenters. The number of H-pyrrole nitrogens is 1. The quantitative estimate of drug-likeness (QED) is 0.547. The molecule has 114 valence electrons. The number of aromatic nitrogens is 7. The molecule has 10 nitrogen and oxygen atoms in total. The van der Waals surface area contributed by atoms with Gasteiger partial charge in [0.15, 0.2) is 11.6 Å². The normalized spacial score (nSPS) is 15.4. The number of rotatable bonds is 2. The number of nitrogens with zero attached hydrogens (tertiary/aromatic N) is 7. The maximum Gasteiger partial charge on any atom is 0.438 e. The third-order valence-electron chi connectivity index (χ3n) is 4.03. The highest BCUT2D eigenvalue weighted by molar-refractivity contribution is 5.82. The molecule has 0 radical (unpaired) electrons. The van der Waals surface area contributed by atoms with E-state index in [-0.39, 0.29) is 5.92 Å². The molecule has 1 fully saturated rings. The van der Waals surface area contributed by atoms with Crippen LogP contribution in [0.1, 0.15) is 11.7 Å². The van der Waals surface area contributed by atoms with Gasteiger partial charge in [-0.25, -0.2) is 9.78 Å². The molecule has 4 aromatic rings. The van der Waals surface area contributed by atoms with Crippen molar-refractivity contribution in [1.29, 1.82) is 0 Å². The summed E-state index contributed by atoms with van der Waals surface area (Å²) in [5.74, 6) is 0.843. The number of nitrogens with one attached hydrogen (secondary N) is 1. The minimum Gasteiger partial charge on any atom is -0.352 e. The van der Waals surface area contributed by atoms with Crippen LogP contribution in [-0.4, -0.2) is 48.3 Å². The zero-order valence-corrected chi connectivity index (χ0v) is 11.7. The van der Waals surface area contributed by atoms with Crippen molar-refractivity contribution < 1.29 is 4.52 Å². The molecule has 1 aliphatic rings. The molecule has 1 saturated heterocycles. The average Bonchev–Trinajstić information content (AvgIpc) is 3.15. The van der Waals surface area contributed by atoms with E-state index in [2.05, 4.69) is 40.1 Å². The van der Waals surface area contributed by atoms with Crippen molar-refractivity contribution in [3.8, 4) is 0 Å². The maximum atomic E-state index is 11.0. The first-order valence-electron chi connectivity index (χ1n) is 7.07. The van der Waals surface area contributed by atoms with Crippen molar-refractivity contribution in [3.63, 3.8) is 0 Å². The summed E-state index contributed by atoms with van der Waals surface area (Å²) in [6, 6.07) is 7.70. The number of hydrogen-bond acceptors (Lipinski definition) is 8. The number of fused-ring (bicyclic) bond motifs is 3. The highest BCUT2D eigenvalue weighted by Gasteiger charge is 2.34. The van der Waals surface area contributed by atoms with E-state index in [0.717, 1.165) is 16.9 Å². The second kappa shape index (κ2) is 4.35. The Morgan fingerprint density at radius 1 is 1.26 bits per heavy atom. The van der Waals surface area contributed by atoms with Gasteiger partial charge in [-0.05, 0) is 22.6 Å². The Morgan fingerprint density at radius 2 is 2.13 bits per heavy atom. The minimum atomic E-state index is -0.536. The zero-order valence-electron chi connectivity index (χ0n) is 11.7. The number of para-hydroxylation sites is 2. The second-order valence-corrected chi connectivity index (χ2v) is 5.42. The van der Waals surface area contributed by atoms with Crippen molar-refractivity contribution >= 4 is 22.5 Å². The van der Waals surface area contributed by atoms with E-state index in [9.17, 15) is 4.79 Å². The monoisotopic (exact) mass is 310 g/mol. The van der Waals surface area contributed by atoms with Gasteiger partial charge < -0.3 is 4.90 Å². The Hall–Kier alpha value is -3.30. The molecule has 1 aliphatic heterocycles. The molecule has 0 aliphatic carbocycles. The predicted molar refractivity (Wildman–Crippen MR) is 78.2 cm³/mol. The van der Waals surface area contributed by atoms with E-state index >= 15 is 0 Å². The molecule has 0 amide bonds. The van der Waals surface area contributed by atoms with E-state index in [1.807, 2.05) is 24.3 Å². The number of benzene rings is 1. The fourth-order valence-corrected chi connectivity index (χ4v) is 2.84. The zero-order chi connectivity index (χ0) is 15.4. The summed E-state index contributed by atoms with van der Waals surface area (Å²) < 4.78 is 6.23. The highest BCUT2D eigenvalue weighted by Crippen LogP contribution is 2.31. The summed E-state index contributed by atoms with van der Waals surface area (Å²) in [5.41, 5.74) is 2.28. The van der Waals surface area contributed by atoms with Crippen molar-refractivity contribution in [2.45, 2.75) is 5.92 Å². The lowest BCUT2D eigenvalue weighted by Crippen LogP contribution is -2.46. The third-order valence-corrected chi connectivity index (χ3v) is 4.03. The van der Waals surface area contributed by atoms with E-state index in [1.54, 1.807) is 4.52 Å². The van der Waals surface area contributed by atoms with Crippen LogP contribution >= 0.6 is 0 Å². The van der Waals surface area contributed by atoms with Crippen molar-refractivity contribution in [2.24, 2.45) is 0 Å². The lowest BCUT2D eigenvalue weighted by Gasteiger charge is -2.38. The van der Waals surface area contributed by atoms with Gasteiger partial charge in [0.05, 0.1) is 17.0 Å². The molecule has 5 rings (SSSR count). The van der Waals surface area contributed by atoms with Gasteiger partial charge in [0.25, 0.3) is 0 Å². The van der Waals surface area contributed by atoms with Gasteiger partial charge in [-0.2, -0.15) is 4.52 Å². The van der Waals surface area contributed by atoms with Crippen molar-refractivity contribution in [3.05, 3.63) is 40.6 Å². The molecule has 0 atom stereocenters. The Bertz CT molecular complexity index is 1070. The number of hydrogen-bond donors (Lipinski definition) is 1. The largest absolute Gasteiger partial charge is 0.438 e. The molecule has 1 aromatic carbocycles. The van der Waals surface area contributed by atoms with E-state index in [4.69, 9.17) is 0 Å². The molecular weight excluding hydrogens is 300 g/mol. The fraction of sp³-hybridized carbons (Fsp3) is 0.231. The van der Waals surface area contributed by atoms with Gasteiger partial charge in [0.2, 0.25) is 5.65 Å². The lowest BCUT2D eigenvalue weighted by molar-refractivity contribution is 0.370. The average molecular weight is 310 g/mol. The Labute approximate surface area is 127 Å². The Balaban J connectivity index is 1.55. The van der Waals surface area contributed by atoms with Gasteiger partial charge in [-0.1, -0.05) is 17.3 Å². The first-order valence-corrected chi connectivity index (χ1v) is 7.07.